The van der Waals surface area contributed by atoms with Crippen LogP contribution in [-0.2, 0) is 14.2 Å². The molecule has 2 unspecified atom stereocenters. The zero-order valence-corrected chi connectivity index (χ0v) is 18.0. The minimum atomic E-state index is -0.405. The van der Waals surface area contributed by atoms with Crippen LogP contribution in [0.4, 0.5) is 4.79 Å². The third kappa shape index (κ3) is 3.37. The quantitative estimate of drug-likeness (QED) is 0.619. The van der Waals surface area contributed by atoms with Crippen molar-refractivity contribution in [1.82, 2.24) is 20.3 Å². The van der Waals surface area contributed by atoms with Gasteiger partial charge >= 0.3 is 6.09 Å². The molecule has 3 saturated heterocycles. The van der Waals surface area contributed by atoms with Gasteiger partial charge in [0.1, 0.15) is 12.2 Å². The SMILES string of the molecule is C[C@H]1NC(=O)OC1c1ccc(-c2nc3nc(OC4CO[C@@H]5CCO[C@H]45)[nH]c3cc2Cl)cc1. The van der Waals surface area contributed by atoms with Crippen molar-refractivity contribution >= 4 is 28.9 Å². The number of ether oxygens (including phenoxy) is 4. The number of amides is 1. The fourth-order valence-electron chi connectivity index (χ4n) is 4.53. The van der Waals surface area contributed by atoms with E-state index in [1.54, 1.807) is 6.07 Å². The number of alkyl carbamates (subject to hydrolysis) is 1. The number of pyridine rings is 1. The summed E-state index contributed by atoms with van der Waals surface area (Å²) in [6.07, 6.45) is -0.00666. The van der Waals surface area contributed by atoms with Gasteiger partial charge in [-0.15, -0.1) is 0 Å². The molecule has 10 heteroatoms. The summed E-state index contributed by atoms with van der Waals surface area (Å²) in [6.45, 7) is 3.07. The summed E-state index contributed by atoms with van der Waals surface area (Å²) in [6, 6.07) is 9.70. The Bertz CT molecular complexity index is 1180. The van der Waals surface area contributed by atoms with Crippen LogP contribution in [0.15, 0.2) is 30.3 Å². The standard InChI is InChI=1S/C22H21ClN4O5/c1-10-18(32-22(28)24-10)12-4-2-11(3-5-12)17-13(23)8-14-20(26-17)27-21(25-14)31-16-9-30-15-6-7-29-19(15)16/h2-5,8,10,15-16,18-19H,6-7,9H2,1H3,(H,24,28)(H,25,26,27)/t10-,15-,16?,18?,19+/m1/s1. The molecule has 166 valence electrons. The monoisotopic (exact) mass is 456 g/mol. The molecular formula is C22H21ClN4O5. The third-order valence-electron chi connectivity index (χ3n) is 6.13. The number of aromatic amines is 1. The fraction of sp³-hybridized carbons (Fsp3) is 0.409. The topological polar surface area (TPSA) is 108 Å². The molecule has 0 radical (unpaired) electrons. The normalized spacial score (nSPS) is 29.2. The highest BCUT2D eigenvalue weighted by atomic mass is 35.5. The second kappa shape index (κ2) is 7.61. The number of H-pyrrole nitrogens is 1. The lowest BCUT2D eigenvalue weighted by Crippen LogP contribution is -2.32. The fourth-order valence-corrected chi connectivity index (χ4v) is 4.79. The smallest absolute Gasteiger partial charge is 0.408 e. The first-order valence-electron chi connectivity index (χ1n) is 10.6. The Balaban J connectivity index is 1.25. The summed E-state index contributed by atoms with van der Waals surface area (Å²) in [5.41, 5.74) is 3.54. The van der Waals surface area contributed by atoms with Gasteiger partial charge in [0.15, 0.2) is 11.8 Å². The van der Waals surface area contributed by atoms with Crippen molar-refractivity contribution in [2.24, 2.45) is 0 Å². The molecule has 32 heavy (non-hydrogen) atoms. The van der Waals surface area contributed by atoms with Crippen molar-refractivity contribution in [2.45, 2.75) is 43.8 Å². The van der Waals surface area contributed by atoms with Crippen molar-refractivity contribution in [2.75, 3.05) is 13.2 Å². The largest absolute Gasteiger partial charge is 0.456 e. The average molecular weight is 457 g/mol. The molecule has 5 atom stereocenters. The van der Waals surface area contributed by atoms with Crippen molar-refractivity contribution in [3.05, 3.63) is 40.9 Å². The number of cyclic esters (lactones) is 1. The summed E-state index contributed by atoms with van der Waals surface area (Å²) in [4.78, 5) is 23.7. The highest BCUT2D eigenvalue weighted by molar-refractivity contribution is 6.33. The van der Waals surface area contributed by atoms with Crippen LogP contribution in [0.1, 0.15) is 25.0 Å². The second-order valence-corrected chi connectivity index (χ2v) is 8.67. The van der Waals surface area contributed by atoms with Gasteiger partial charge in [0, 0.05) is 12.2 Å². The number of nitrogens with one attached hydrogen (secondary N) is 2. The number of nitrogens with zero attached hydrogens (tertiary/aromatic N) is 2. The maximum absolute atomic E-state index is 11.5. The Morgan fingerprint density at radius 1 is 1.19 bits per heavy atom. The molecule has 9 nitrogen and oxygen atoms in total. The average Bonchev–Trinajstić information content (AvgIpc) is 3.53. The molecule has 2 aromatic heterocycles. The van der Waals surface area contributed by atoms with E-state index in [0.717, 1.165) is 17.5 Å². The van der Waals surface area contributed by atoms with Crippen LogP contribution in [0.5, 0.6) is 6.01 Å². The van der Waals surface area contributed by atoms with Gasteiger partial charge in [-0.25, -0.2) is 9.78 Å². The number of benzene rings is 1. The molecule has 2 N–H and O–H groups in total. The van der Waals surface area contributed by atoms with Crippen LogP contribution in [0.3, 0.4) is 0 Å². The maximum Gasteiger partial charge on any atom is 0.408 e. The van der Waals surface area contributed by atoms with Crippen LogP contribution >= 0.6 is 11.6 Å². The Hall–Kier alpha value is -2.88. The van der Waals surface area contributed by atoms with E-state index in [0.29, 0.717) is 41.1 Å². The van der Waals surface area contributed by atoms with Gasteiger partial charge in [-0.05, 0) is 25.0 Å². The molecule has 3 aromatic rings. The maximum atomic E-state index is 11.5. The van der Waals surface area contributed by atoms with Crippen molar-refractivity contribution < 1.29 is 23.7 Å². The van der Waals surface area contributed by atoms with E-state index in [9.17, 15) is 4.79 Å². The molecule has 0 spiro atoms. The zero-order chi connectivity index (χ0) is 21.8. The summed E-state index contributed by atoms with van der Waals surface area (Å²) >= 11 is 6.53. The van der Waals surface area contributed by atoms with E-state index in [4.69, 9.17) is 30.5 Å². The Labute approximate surface area is 188 Å². The lowest BCUT2D eigenvalue weighted by atomic mass is 10.0. The number of rotatable bonds is 4. The van der Waals surface area contributed by atoms with Crippen molar-refractivity contribution in [3.63, 3.8) is 0 Å². The first kappa shape index (κ1) is 19.8. The Kier molecular flexibility index (Phi) is 4.71. The summed E-state index contributed by atoms with van der Waals surface area (Å²) in [5.74, 6) is 0. The lowest BCUT2D eigenvalue weighted by molar-refractivity contribution is 0.0273. The predicted octanol–water partition coefficient (Wildman–Crippen LogP) is 3.38. The molecule has 5 heterocycles. The first-order valence-corrected chi connectivity index (χ1v) is 11.0. The Morgan fingerprint density at radius 2 is 2.03 bits per heavy atom. The van der Waals surface area contributed by atoms with Gasteiger partial charge in [-0.1, -0.05) is 35.9 Å². The van der Waals surface area contributed by atoms with E-state index in [1.165, 1.54) is 0 Å². The van der Waals surface area contributed by atoms with Crippen molar-refractivity contribution in [1.29, 1.82) is 0 Å². The van der Waals surface area contributed by atoms with Gasteiger partial charge in [0.25, 0.3) is 6.01 Å². The van der Waals surface area contributed by atoms with Gasteiger partial charge in [-0.2, -0.15) is 4.98 Å². The molecule has 1 aromatic carbocycles. The van der Waals surface area contributed by atoms with E-state index in [-0.39, 0.29) is 30.5 Å². The predicted molar refractivity (Wildman–Crippen MR) is 115 cm³/mol. The van der Waals surface area contributed by atoms with Crippen LogP contribution in [0.25, 0.3) is 22.4 Å². The van der Waals surface area contributed by atoms with E-state index in [2.05, 4.69) is 20.3 Å². The number of halogens is 1. The van der Waals surface area contributed by atoms with E-state index >= 15 is 0 Å². The molecular weight excluding hydrogens is 436 g/mol. The molecule has 3 aliphatic rings. The highest BCUT2D eigenvalue weighted by Crippen LogP contribution is 2.33. The molecule has 3 fully saturated rings. The molecule has 0 saturated carbocycles. The van der Waals surface area contributed by atoms with E-state index in [1.807, 2.05) is 31.2 Å². The minimum Gasteiger partial charge on any atom is -0.456 e. The lowest BCUT2D eigenvalue weighted by Gasteiger charge is -2.15. The summed E-state index contributed by atoms with van der Waals surface area (Å²) in [7, 11) is 0. The van der Waals surface area contributed by atoms with Crippen molar-refractivity contribution in [3.8, 4) is 17.3 Å². The van der Waals surface area contributed by atoms with Crippen LogP contribution in [0.2, 0.25) is 5.02 Å². The number of imidazole rings is 1. The number of hydrogen-bond donors (Lipinski definition) is 2. The van der Waals surface area contributed by atoms with Gasteiger partial charge in [0.05, 0.1) is 35.0 Å². The van der Waals surface area contributed by atoms with Crippen LogP contribution in [-0.4, -0.2) is 58.6 Å². The number of carbonyl (C=O) groups is 1. The molecule has 0 aliphatic carbocycles. The van der Waals surface area contributed by atoms with Crippen LogP contribution in [0, 0.1) is 0 Å². The molecule has 0 bridgehead atoms. The number of fused-ring (bicyclic) bond motifs is 2. The molecule has 1 amide bonds. The third-order valence-corrected chi connectivity index (χ3v) is 6.42. The van der Waals surface area contributed by atoms with Gasteiger partial charge in [0.2, 0.25) is 0 Å². The highest BCUT2D eigenvalue weighted by Gasteiger charge is 2.43. The number of carbonyl (C=O) groups excluding carboxylic acids is 1. The van der Waals surface area contributed by atoms with Crippen LogP contribution < -0.4 is 10.1 Å². The Morgan fingerprint density at radius 3 is 2.81 bits per heavy atom. The minimum absolute atomic E-state index is 0.0640. The van der Waals surface area contributed by atoms with E-state index < -0.39 is 6.09 Å². The number of hydrogen-bond acceptors (Lipinski definition) is 7. The molecule has 3 aliphatic heterocycles. The second-order valence-electron chi connectivity index (χ2n) is 8.27. The number of aromatic nitrogens is 3. The summed E-state index contributed by atoms with van der Waals surface area (Å²) in [5, 5.41) is 3.24. The zero-order valence-electron chi connectivity index (χ0n) is 17.2. The van der Waals surface area contributed by atoms with Gasteiger partial charge in [-0.3, -0.25) is 0 Å². The first-order chi connectivity index (χ1) is 15.5. The van der Waals surface area contributed by atoms with Gasteiger partial charge < -0.3 is 29.2 Å². The molecule has 6 rings (SSSR count). The summed E-state index contributed by atoms with van der Waals surface area (Å²) < 4.78 is 22.8.